The van der Waals surface area contributed by atoms with Crippen molar-refractivity contribution in [2.75, 3.05) is 19.3 Å². The number of nitro groups is 2. The summed E-state index contributed by atoms with van der Waals surface area (Å²) in [5.74, 6) is 0. The van der Waals surface area contributed by atoms with Crippen molar-refractivity contribution in [3.63, 3.8) is 0 Å². The molecule has 1 aliphatic heterocycles. The van der Waals surface area contributed by atoms with Crippen molar-refractivity contribution < 1.29 is 41.5 Å². The van der Waals surface area contributed by atoms with E-state index < -0.39 is 44.3 Å². The summed E-state index contributed by atoms with van der Waals surface area (Å²) in [6.07, 6.45) is -0.825. The second-order valence-electron chi connectivity index (χ2n) is 9.65. The molecule has 234 valence electrons. The molecule has 0 saturated carbocycles. The van der Waals surface area contributed by atoms with Crippen molar-refractivity contribution in [3.05, 3.63) is 96.0 Å². The zero-order valence-electron chi connectivity index (χ0n) is 23.2. The molecule has 0 radical (unpaired) electrons. The number of non-ortho nitro benzene ring substituents is 2. The van der Waals surface area contributed by atoms with Gasteiger partial charge in [0.1, 0.15) is 13.2 Å². The fourth-order valence-electron chi connectivity index (χ4n) is 4.32. The number of likely N-dealkylation sites (tertiary alicyclic amines) is 1. The first-order valence-corrected chi connectivity index (χ1v) is 15.7. The first-order valence-electron chi connectivity index (χ1n) is 13.0. The van der Waals surface area contributed by atoms with Gasteiger partial charge in [0, 0.05) is 49.0 Å². The van der Waals surface area contributed by atoms with Crippen LogP contribution in [0.2, 0.25) is 0 Å². The van der Waals surface area contributed by atoms with E-state index in [1.165, 1.54) is 64.8 Å². The maximum absolute atomic E-state index is 13.0. The first-order chi connectivity index (χ1) is 20.9. The summed E-state index contributed by atoms with van der Waals surface area (Å²) in [7, 11) is -3.80. The maximum atomic E-state index is 13.0. The van der Waals surface area contributed by atoms with E-state index in [0.29, 0.717) is 28.2 Å². The number of nitro benzene ring substituents is 2. The normalized spacial score (nSPS) is 16.3. The van der Waals surface area contributed by atoms with Crippen LogP contribution in [-0.4, -0.2) is 65.8 Å². The van der Waals surface area contributed by atoms with Crippen LogP contribution in [0.25, 0.3) is 0 Å². The van der Waals surface area contributed by atoms with Crippen LogP contribution in [0.15, 0.2) is 53.9 Å². The largest absolute Gasteiger partial charge is 0.445 e. The summed E-state index contributed by atoms with van der Waals surface area (Å²) in [6, 6.07) is 10.5. The van der Waals surface area contributed by atoms with Crippen LogP contribution in [0.3, 0.4) is 0 Å². The number of hydrogen-bond donors (Lipinski definition) is 1. The molecule has 2 heterocycles. The molecule has 2 aromatic carbocycles. The summed E-state index contributed by atoms with van der Waals surface area (Å²) in [6.45, 7) is -0.102. The van der Waals surface area contributed by atoms with Gasteiger partial charge in [-0.2, -0.15) is 8.42 Å². The highest BCUT2D eigenvalue weighted by molar-refractivity contribution is 7.86. The second kappa shape index (κ2) is 14.2. The predicted octanol–water partition coefficient (Wildman–Crippen LogP) is 3.86. The number of carbonyl (C=O) groups is 2. The van der Waals surface area contributed by atoms with E-state index in [1.807, 2.05) is 0 Å². The number of carbonyl (C=O) groups excluding carboxylic acids is 2. The average molecular weight is 650 g/mol. The summed E-state index contributed by atoms with van der Waals surface area (Å²) >= 11 is 1.29. The van der Waals surface area contributed by atoms with E-state index in [-0.39, 0.29) is 44.1 Å². The smallest absolute Gasteiger partial charge is 0.410 e. The van der Waals surface area contributed by atoms with Gasteiger partial charge in [0.05, 0.1) is 45.5 Å². The summed E-state index contributed by atoms with van der Waals surface area (Å²) < 4.78 is 39.2. The number of nitrogens with one attached hydrogen (secondary N) is 1. The van der Waals surface area contributed by atoms with Crippen molar-refractivity contribution in [3.8, 4) is 0 Å². The standard InChI is InChI=1S/C26H27N5O11S2/c1-44(38,39)42-21-12-23(29(13-21)26(33)41-15-18-4-8-20(9-5-18)31(36)37)22-16-43-24(28-22)10-11-27-25(32)40-14-17-2-6-19(7-3-17)30(34)35/h2-9,16,21,23H,10-15H2,1H3,(H,27,32)/t21-,23+/m1/s1. The molecule has 2 amide bonds. The zero-order valence-corrected chi connectivity index (χ0v) is 24.8. The van der Waals surface area contributed by atoms with Crippen LogP contribution >= 0.6 is 11.3 Å². The molecule has 2 atom stereocenters. The molecule has 0 unspecified atom stereocenters. The number of benzene rings is 2. The Morgan fingerprint density at radius 2 is 1.57 bits per heavy atom. The van der Waals surface area contributed by atoms with Gasteiger partial charge in [-0.3, -0.25) is 29.3 Å². The predicted molar refractivity (Wildman–Crippen MR) is 154 cm³/mol. The molecular weight excluding hydrogens is 622 g/mol. The molecule has 1 aliphatic rings. The van der Waals surface area contributed by atoms with Gasteiger partial charge < -0.3 is 14.8 Å². The molecular formula is C26H27N5O11S2. The quantitative estimate of drug-likeness (QED) is 0.168. The van der Waals surface area contributed by atoms with Crippen LogP contribution in [0, 0.1) is 20.2 Å². The van der Waals surface area contributed by atoms with E-state index in [1.54, 1.807) is 5.38 Å². The van der Waals surface area contributed by atoms with E-state index in [4.69, 9.17) is 13.7 Å². The minimum atomic E-state index is -3.80. The van der Waals surface area contributed by atoms with Gasteiger partial charge in [-0.25, -0.2) is 14.6 Å². The van der Waals surface area contributed by atoms with Gasteiger partial charge in [-0.05, 0) is 35.4 Å². The number of aromatic nitrogens is 1. The molecule has 1 N–H and O–H groups in total. The highest BCUT2D eigenvalue weighted by Gasteiger charge is 2.40. The van der Waals surface area contributed by atoms with Crippen molar-refractivity contribution in [2.24, 2.45) is 0 Å². The average Bonchev–Trinajstić information content (AvgIpc) is 3.61. The highest BCUT2D eigenvalue weighted by atomic mass is 32.2. The number of rotatable bonds is 12. The lowest BCUT2D eigenvalue weighted by atomic mass is 10.1. The number of thiazole rings is 1. The molecule has 0 spiro atoms. The van der Waals surface area contributed by atoms with Crippen molar-refractivity contribution >= 4 is 45.0 Å². The summed E-state index contributed by atoms with van der Waals surface area (Å²) in [4.78, 5) is 51.5. The number of hydrogen-bond acceptors (Lipinski definition) is 13. The lowest BCUT2D eigenvalue weighted by Gasteiger charge is -2.22. The van der Waals surface area contributed by atoms with Crippen molar-refractivity contribution in [1.29, 1.82) is 0 Å². The van der Waals surface area contributed by atoms with Crippen LogP contribution in [0.4, 0.5) is 21.0 Å². The highest BCUT2D eigenvalue weighted by Crippen LogP contribution is 2.35. The first kappa shape index (κ1) is 32.2. The van der Waals surface area contributed by atoms with Gasteiger partial charge in [0.2, 0.25) is 0 Å². The number of nitrogens with zero attached hydrogens (tertiary/aromatic N) is 4. The number of ether oxygens (including phenoxy) is 2. The van der Waals surface area contributed by atoms with Crippen molar-refractivity contribution in [2.45, 2.75) is 38.2 Å². The minimum absolute atomic E-state index is 0.0636. The number of alkyl carbamates (subject to hydrolysis) is 1. The van der Waals surface area contributed by atoms with Gasteiger partial charge >= 0.3 is 12.2 Å². The van der Waals surface area contributed by atoms with Gasteiger partial charge in [-0.15, -0.1) is 11.3 Å². The molecule has 1 fully saturated rings. The Balaban J connectivity index is 1.31. The Hall–Kier alpha value is -4.68. The molecule has 3 aromatic rings. The fraction of sp³-hybridized carbons (Fsp3) is 0.346. The minimum Gasteiger partial charge on any atom is -0.445 e. The summed E-state index contributed by atoms with van der Waals surface area (Å²) in [5.41, 5.74) is 1.44. The van der Waals surface area contributed by atoms with Gasteiger partial charge in [-0.1, -0.05) is 0 Å². The molecule has 16 nitrogen and oxygen atoms in total. The molecule has 0 aliphatic carbocycles. The van der Waals surface area contributed by atoms with E-state index in [2.05, 4.69) is 10.3 Å². The van der Waals surface area contributed by atoms with Crippen LogP contribution < -0.4 is 5.32 Å². The van der Waals surface area contributed by atoms with Crippen LogP contribution in [0.1, 0.15) is 34.3 Å². The van der Waals surface area contributed by atoms with E-state index in [0.717, 1.165) is 6.26 Å². The van der Waals surface area contributed by atoms with E-state index in [9.17, 15) is 38.2 Å². The molecule has 0 bridgehead atoms. The Morgan fingerprint density at radius 1 is 1.00 bits per heavy atom. The second-order valence-corrected chi connectivity index (χ2v) is 12.2. The third-order valence-corrected chi connectivity index (χ3v) is 7.90. The van der Waals surface area contributed by atoms with Gasteiger partial charge in [0.15, 0.2) is 0 Å². The summed E-state index contributed by atoms with van der Waals surface area (Å²) in [5, 5.41) is 26.6. The zero-order chi connectivity index (χ0) is 31.9. The number of amides is 2. The molecule has 1 aromatic heterocycles. The monoisotopic (exact) mass is 649 g/mol. The SMILES string of the molecule is CS(=O)(=O)O[C@@H]1C[C@@H](c2csc(CCNC(=O)OCc3ccc([N+](=O)[O-])cc3)n2)N(C(=O)OCc2ccc([N+](=O)[O-])cc2)C1. The van der Waals surface area contributed by atoms with Crippen LogP contribution in [0.5, 0.6) is 0 Å². The lowest BCUT2D eigenvalue weighted by Crippen LogP contribution is -2.33. The molecule has 4 rings (SSSR count). The van der Waals surface area contributed by atoms with Crippen molar-refractivity contribution in [1.82, 2.24) is 15.2 Å². The lowest BCUT2D eigenvalue weighted by molar-refractivity contribution is -0.385. The maximum Gasteiger partial charge on any atom is 0.410 e. The fourth-order valence-corrected chi connectivity index (χ4v) is 5.80. The Labute approximate surface area is 255 Å². The third-order valence-electron chi connectivity index (χ3n) is 6.35. The Bertz CT molecular complexity index is 1610. The van der Waals surface area contributed by atoms with Gasteiger partial charge in [0.25, 0.3) is 21.5 Å². The third kappa shape index (κ3) is 9.16. The molecule has 44 heavy (non-hydrogen) atoms. The Morgan fingerprint density at radius 3 is 2.11 bits per heavy atom. The molecule has 1 saturated heterocycles. The Kier molecular flexibility index (Phi) is 10.4. The topological polar surface area (TPSA) is 210 Å². The molecule has 18 heteroatoms. The van der Waals surface area contributed by atoms with Crippen LogP contribution in [-0.2, 0) is 43.4 Å². The van der Waals surface area contributed by atoms with E-state index >= 15 is 0 Å².